The Morgan fingerprint density at radius 1 is 0.955 bits per heavy atom. The van der Waals surface area contributed by atoms with E-state index < -0.39 is 35.3 Å². The SMILES string of the molecule is CCC(CN(C(=O)OC(C)(C)C)C(=O)OC(C)(C)C)C(=O)O. The first kappa shape index (κ1) is 20.2. The Bertz CT molecular complexity index is 391. The largest absolute Gasteiger partial charge is 0.481 e. The van der Waals surface area contributed by atoms with Crippen LogP contribution < -0.4 is 0 Å². The van der Waals surface area contributed by atoms with Gasteiger partial charge in [0.05, 0.1) is 5.92 Å². The van der Waals surface area contributed by atoms with Crippen LogP contribution in [0.15, 0.2) is 0 Å². The van der Waals surface area contributed by atoms with Crippen LogP contribution in [0.5, 0.6) is 0 Å². The second-order valence-electron chi connectivity index (χ2n) is 7.01. The van der Waals surface area contributed by atoms with E-state index in [2.05, 4.69) is 0 Å². The summed E-state index contributed by atoms with van der Waals surface area (Å²) in [4.78, 5) is 36.2. The summed E-state index contributed by atoms with van der Waals surface area (Å²) in [6, 6.07) is 0. The Morgan fingerprint density at radius 3 is 1.55 bits per heavy atom. The third kappa shape index (κ3) is 7.85. The van der Waals surface area contributed by atoms with Gasteiger partial charge in [-0.2, -0.15) is 0 Å². The summed E-state index contributed by atoms with van der Waals surface area (Å²) in [5.41, 5.74) is -1.61. The zero-order valence-electron chi connectivity index (χ0n) is 14.4. The number of aliphatic carboxylic acids is 1. The molecule has 7 nitrogen and oxygen atoms in total. The van der Waals surface area contributed by atoms with Crippen molar-refractivity contribution in [3.05, 3.63) is 0 Å². The molecule has 0 heterocycles. The van der Waals surface area contributed by atoms with Gasteiger partial charge in [0.2, 0.25) is 0 Å². The minimum Gasteiger partial charge on any atom is -0.481 e. The Balaban J connectivity index is 5.26. The molecule has 1 unspecified atom stereocenters. The molecule has 2 amide bonds. The number of hydrogen-bond acceptors (Lipinski definition) is 5. The molecule has 0 aliphatic carbocycles. The first-order valence-electron chi connectivity index (χ1n) is 7.23. The van der Waals surface area contributed by atoms with Crippen LogP contribution >= 0.6 is 0 Å². The number of imide groups is 1. The molecule has 128 valence electrons. The van der Waals surface area contributed by atoms with E-state index in [1.54, 1.807) is 48.5 Å². The van der Waals surface area contributed by atoms with Gasteiger partial charge < -0.3 is 14.6 Å². The van der Waals surface area contributed by atoms with Crippen molar-refractivity contribution in [3.8, 4) is 0 Å². The first-order valence-corrected chi connectivity index (χ1v) is 7.23. The van der Waals surface area contributed by atoms with Crippen molar-refractivity contribution in [1.82, 2.24) is 4.90 Å². The standard InChI is InChI=1S/C15H27NO6/c1-8-10(11(17)18)9-16(12(19)21-14(2,3)4)13(20)22-15(5,6)7/h10H,8-9H2,1-7H3,(H,17,18). The van der Waals surface area contributed by atoms with E-state index in [4.69, 9.17) is 14.6 Å². The fourth-order valence-corrected chi connectivity index (χ4v) is 1.46. The molecule has 0 aliphatic rings. The van der Waals surface area contributed by atoms with Gasteiger partial charge in [0.15, 0.2) is 0 Å². The highest BCUT2D eigenvalue weighted by atomic mass is 16.6. The van der Waals surface area contributed by atoms with Crippen LogP contribution in [0, 0.1) is 5.92 Å². The molecule has 0 aliphatic heterocycles. The molecule has 0 spiro atoms. The Morgan fingerprint density at radius 2 is 1.32 bits per heavy atom. The van der Waals surface area contributed by atoms with Crippen molar-refractivity contribution in [1.29, 1.82) is 0 Å². The molecule has 22 heavy (non-hydrogen) atoms. The first-order chi connectivity index (χ1) is 9.76. The second-order valence-corrected chi connectivity index (χ2v) is 7.01. The predicted molar refractivity (Wildman–Crippen MR) is 80.6 cm³/mol. The number of hydrogen-bond donors (Lipinski definition) is 1. The number of carboxylic acid groups (broad SMARTS) is 1. The molecule has 0 bridgehead atoms. The smallest absolute Gasteiger partial charge is 0.419 e. The molecule has 7 heteroatoms. The Labute approximate surface area is 131 Å². The van der Waals surface area contributed by atoms with Crippen LogP contribution in [0.4, 0.5) is 9.59 Å². The van der Waals surface area contributed by atoms with E-state index in [1.807, 2.05) is 0 Å². The fraction of sp³-hybridized carbons (Fsp3) is 0.800. The number of nitrogens with zero attached hydrogens (tertiary/aromatic N) is 1. The van der Waals surface area contributed by atoms with Crippen molar-refractivity contribution in [3.63, 3.8) is 0 Å². The highest BCUT2D eigenvalue weighted by Crippen LogP contribution is 2.17. The van der Waals surface area contributed by atoms with Crippen molar-refractivity contribution in [2.24, 2.45) is 5.92 Å². The van der Waals surface area contributed by atoms with E-state index >= 15 is 0 Å². The number of carbonyl (C=O) groups excluding carboxylic acids is 2. The number of carbonyl (C=O) groups is 3. The molecular weight excluding hydrogens is 290 g/mol. The number of carboxylic acids is 1. The summed E-state index contributed by atoms with van der Waals surface area (Å²) < 4.78 is 10.3. The number of rotatable bonds is 4. The fourth-order valence-electron chi connectivity index (χ4n) is 1.46. The maximum atomic E-state index is 12.2. The molecular formula is C15H27NO6. The van der Waals surface area contributed by atoms with Gasteiger partial charge in [-0.3, -0.25) is 4.79 Å². The molecule has 0 aromatic rings. The highest BCUT2D eigenvalue weighted by molar-refractivity contribution is 5.88. The molecule has 0 saturated heterocycles. The summed E-state index contributed by atoms with van der Waals surface area (Å²) >= 11 is 0. The summed E-state index contributed by atoms with van der Waals surface area (Å²) in [5.74, 6) is -1.96. The molecule has 0 fully saturated rings. The van der Waals surface area contributed by atoms with Crippen LogP contribution in [-0.2, 0) is 14.3 Å². The maximum absolute atomic E-state index is 12.2. The topological polar surface area (TPSA) is 93.1 Å². The predicted octanol–water partition coefficient (Wildman–Crippen LogP) is 3.27. The number of amides is 2. The van der Waals surface area contributed by atoms with Gasteiger partial charge in [0.25, 0.3) is 0 Å². The van der Waals surface area contributed by atoms with Gasteiger partial charge >= 0.3 is 18.2 Å². The number of ether oxygens (including phenoxy) is 2. The van der Waals surface area contributed by atoms with E-state index in [9.17, 15) is 14.4 Å². The zero-order chi connectivity index (χ0) is 17.7. The van der Waals surface area contributed by atoms with Crippen molar-refractivity contribution >= 4 is 18.2 Å². The minimum atomic E-state index is -1.08. The average Bonchev–Trinajstić information content (AvgIpc) is 2.24. The Kier molecular flexibility index (Phi) is 6.86. The van der Waals surface area contributed by atoms with Crippen molar-refractivity contribution in [2.45, 2.75) is 66.1 Å². The van der Waals surface area contributed by atoms with E-state index in [0.717, 1.165) is 0 Å². The summed E-state index contributed by atoms with van der Waals surface area (Å²) in [6.45, 7) is 11.3. The highest BCUT2D eigenvalue weighted by Gasteiger charge is 2.34. The molecule has 0 radical (unpaired) electrons. The molecule has 0 rings (SSSR count). The molecule has 0 saturated carbocycles. The lowest BCUT2D eigenvalue weighted by atomic mass is 10.1. The average molecular weight is 317 g/mol. The molecule has 1 atom stereocenters. The zero-order valence-corrected chi connectivity index (χ0v) is 14.4. The minimum absolute atomic E-state index is 0.275. The maximum Gasteiger partial charge on any atom is 0.419 e. The van der Waals surface area contributed by atoms with Crippen molar-refractivity contribution < 1.29 is 29.0 Å². The van der Waals surface area contributed by atoms with Gasteiger partial charge in [0, 0.05) is 6.54 Å². The van der Waals surface area contributed by atoms with Crippen molar-refractivity contribution in [2.75, 3.05) is 6.54 Å². The monoisotopic (exact) mass is 317 g/mol. The third-order valence-corrected chi connectivity index (χ3v) is 2.47. The van der Waals surface area contributed by atoms with Crippen LogP contribution in [0.1, 0.15) is 54.9 Å². The van der Waals surface area contributed by atoms with Gasteiger partial charge in [0.1, 0.15) is 11.2 Å². The van der Waals surface area contributed by atoms with E-state index in [1.165, 1.54) is 0 Å². The molecule has 0 aromatic heterocycles. The van der Waals surface area contributed by atoms with Crippen LogP contribution in [-0.4, -0.2) is 45.9 Å². The van der Waals surface area contributed by atoms with Crippen LogP contribution in [0.25, 0.3) is 0 Å². The Hall–Kier alpha value is -1.79. The van der Waals surface area contributed by atoms with E-state index in [0.29, 0.717) is 4.90 Å². The molecule has 1 N–H and O–H groups in total. The van der Waals surface area contributed by atoms with E-state index in [-0.39, 0.29) is 13.0 Å². The summed E-state index contributed by atoms with van der Waals surface area (Å²) in [6.07, 6.45) is -1.56. The third-order valence-electron chi connectivity index (χ3n) is 2.47. The van der Waals surface area contributed by atoms with Gasteiger partial charge in [-0.05, 0) is 48.0 Å². The van der Waals surface area contributed by atoms with Crippen LogP contribution in [0.3, 0.4) is 0 Å². The van der Waals surface area contributed by atoms with Crippen LogP contribution in [0.2, 0.25) is 0 Å². The van der Waals surface area contributed by atoms with Gasteiger partial charge in [-0.15, -0.1) is 0 Å². The lowest BCUT2D eigenvalue weighted by Crippen LogP contribution is -2.46. The lowest BCUT2D eigenvalue weighted by Gasteiger charge is -2.29. The quantitative estimate of drug-likeness (QED) is 0.855. The lowest BCUT2D eigenvalue weighted by molar-refractivity contribution is -0.142. The second kappa shape index (κ2) is 7.47. The van der Waals surface area contributed by atoms with Gasteiger partial charge in [-0.1, -0.05) is 6.92 Å². The molecule has 0 aromatic carbocycles. The normalized spacial score (nSPS) is 13.2. The summed E-state index contributed by atoms with van der Waals surface area (Å²) in [7, 11) is 0. The summed E-state index contributed by atoms with van der Waals surface area (Å²) in [5, 5.41) is 9.12. The van der Waals surface area contributed by atoms with Gasteiger partial charge in [-0.25, -0.2) is 14.5 Å².